The lowest BCUT2D eigenvalue weighted by Crippen LogP contribution is -2.27. The first-order chi connectivity index (χ1) is 13.9. The maximum absolute atomic E-state index is 12.5. The Balaban J connectivity index is 2.13. The van der Waals surface area contributed by atoms with Crippen LogP contribution in [0.5, 0.6) is 0 Å². The van der Waals surface area contributed by atoms with Crippen molar-refractivity contribution in [1.29, 1.82) is 0 Å². The SMILES string of the molecule is CON(C)S(=O)(=O)c1ccc(C(=O)NC(C)c2ccc(S(=O)(=O)N(C)C)cc2)cc1. The van der Waals surface area contributed by atoms with Crippen LogP contribution in [-0.4, -0.2) is 59.8 Å². The number of carbonyl (C=O) groups is 1. The summed E-state index contributed by atoms with van der Waals surface area (Å²) in [5.74, 6) is -0.392. The minimum atomic E-state index is -3.79. The third-order valence-electron chi connectivity index (χ3n) is 4.52. The molecule has 0 radical (unpaired) electrons. The van der Waals surface area contributed by atoms with Gasteiger partial charge in [-0.15, -0.1) is 0 Å². The fourth-order valence-electron chi connectivity index (χ4n) is 2.53. The first kappa shape index (κ1) is 24.0. The van der Waals surface area contributed by atoms with Crippen LogP contribution in [0.15, 0.2) is 58.3 Å². The number of rotatable bonds is 8. The first-order valence-electron chi connectivity index (χ1n) is 8.87. The van der Waals surface area contributed by atoms with E-state index in [9.17, 15) is 21.6 Å². The average Bonchev–Trinajstić information content (AvgIpc) is 2.72. The Bertz CT molecular complexity index is 1100. The van der Waals surface area contributed by atoms with Crippen LogP contribution in [0, 0.1) is 0 Å². The van der Waals surface area contributed by atoms with Crippen molar-refractivity contribution >= 4 is 26.0 Å². The molecule has 0 fully saturated rings. The molecule has 1 N–H and O–H groups in total. The lowest BCUT2D eigenvalue weighted by atomic mass is 10.1. The van der Waals surface area contributed by atoms with E-state index >= 15 is 0 Å². The molecule has 0 aliphatic carbocycles. The molecule has 0 saturated carbocycles. The van der Waals surface area contributed by atoms with Crippen molar-refractivity contribution in [3.8, 4) is 0 Å². The molecule has 2 rings (SSSR count). The number of nitrogens with zero attached hydrogens (tertiary/aromatic N) is 2. The summed E-state index contributed by atoms with van der Waals surface area (Å²) in [7, 11) is -1.90. The highest BCUT2D eigenvalue weighted by Crippen LogP contribution is 2.19. The van der Waals surface area contributed by atoms with Crippen LogP contribution in [0.2, 0.25) is 0 Å². The summed E-state index contributed by atoms with van der Waals surface area (Å²) in [6.07, 6.45) is 0. The normalized spacial score (nSPS) is 13.4. The number of hydroxylamine groups is 1. The predicted molar refractivity (Wildman–Crippen MR) is 112 cm³/mol. The summed E-state index contributed by atoms with van der Waals surface area (Å²) in [6, 6.07) is 11.3. The summed E-state index contributed by atoms with van der Waals surface area (Å²) in [6.45, 7) is 1.76. The van der Waals surface area contributed by atoms with Crippen LogP contribution in [0.4, 0.5) is 0 Å². The number of amides is 1. The van der Waals surface area contributed by atoms with Crippen molar-refractivity contribution in [2.24, 2.45) is 0 Å². The zero-order valence-electron chi connectivity index (χ0n) is 17.4. The average molecular weight is 456 g/mol. The van der Waals surface area contributed by atoms with E-state index in [4.69, 9.17) is 4.84 Å². The molecule has 0 spiro atoms. The summed E-state index contributed by atoms with van der Waals surface area (Å²) < 4.78 is 50.5. The minimum Gasteiger partial charge on any atom is -0.346 e. The van der Waals surface area contributed by atoms with E-state index in [1.54, 1.807) is 19.1 Å². The maximum Gasteiger partial charge on any atom is 0.264 e. The molecular weight excluding hydrogens is 430 g/mol. The van der Waals surface area contributed by atoms with Crippen LogP contribution in [0.1, 0.15) is 28.9 Å². The van der Waals surface area contributed by atoms with Gasteiger partial charge in [-0.1, -0.05) is 16.6 Å². The molecule has 0 aliphatic rings. The first-order valence-corrected chi connectivity index (χ1v) is 11.8. The molecule has 30 heavy (non-hydrogen) atoms. The molecule has 0 aromatic heterocycles. The Labute approximate surface area is 177 Å². The molecule has 0 heterocycles. The Morgan fingerprint density at radius 3 is 1.80 bits per heavy atom. The summed E-state index contributed by atoms with van der Waals surface area (Å²) >= 11 is 0. The van der Waals surface area contributed by atoms with Crippen LogP contribution in [-0.2, 0) is 24.9 Å². The quantitative estimate of drug-likeness (QED) is 0.605. The molecule has 0 saturated heterocycles. The number of nitrogens with one attached hydrogen (secondary N) is 1. The zero-order valence-corrected chi connectivity index (χ0v) is 19.0. The number of sulfonamides is 2. The monoisotopic (exact) mass is 455 g/mol. The molecule has 1 amide bonds. The van der Waals surface area contributed by atoms with Crippen molar-refractivity contribution in [1.82, 2.24) is 14.1 Å². The predicted octanol–water partition coefficient (Wildman–Crippen LogP) is 1.61. The smallest absolute Gasteiger partial charge is 0.264 e. The Morgan fingerprint density at radius 1 is 0.867 bits per heavy atom. The standard InChI is InChI=1S/C19H25N3O6S2/c1-14(15-6-10-17(11-7-15)29(24,25)21(2)3)20-19(23)16-8-12-18(13-9-16)30(26,27)22(4)28-5/h6-14H,1-5H3,(H,20,23). The van der Waals surface area contributed by atoms with Crippen molar-refractivity contribution in [3.63, 3.8) is 0 Å². The van der Waals surface area contributed by atoms with Crippen LogP contribution in [0.25, 0.3) is 0 Å². The molecule has 9 nitrogen and oxygen atoms in total. The van der Waals surface area contributed by atoms with Crippen molar-refractivity contribution < 1.29 is 26.5 Å². The van der Waals surface area contributed by atoms with Crippen LogP contribution >= 0.6 is 0 Å². The third kappa shape index (κ3) is 5.05. The molecular formula is C19H25N3O6S2. The Kier molecular flexibility index (Phi) is 7.37. The van der Waals surface area contributed by atoms with Crippen LogP contribution < -0.4 is 5.32 Å². The molecule has 1 atom stereocenters. The van der Waals surface area contributed by atoms with Crippen LogP contribution in [0.3, 0.4) is 0 Å². The van der Waals surface area contributed by atoms with E-state index in [-0.39, 0.29) is 15.4 Å². The van der Waals surface area contributed by atoms with Gasteiger partial charge in [-0.3, -0.25) is 9.63 Å². The van der Waals surface area contributed by atoms with Gasteiger partial charge in [0.1, 0.15) is 0 Å². The number of benzene rings is 2. The maximum atomic E-state index is 12.5. The van der Waals surface area contributed by atoms with Crippen molar-refractivity contribution in [3.05, 3.63) is 59.7 Å². The second kappa shape index (κ2) is 9.23. The third-order valence-corrected chi connectivity index (χ3v) is 8.04. The van der Waals surface area contributed by atoms with Gasteiger partial charge in [-0.25, -0.2) is 21.1 Å². The molecule has 11 heteroatoms. The van der Waals surface area contributed by atoms with Gasteiger partial charge in [0.15, 0.2) is 0 Å². The molecule has 2 aromatic carbocycles. The van der Waals surface area contributed by atoms with E-state index in [0.717, 1.165) is 14.3 Å². The van der Waals surface area contributed by atoms with E-state index in [0.29, 0.717) is 0 Å². The van der Waals surface area contributed by atoms with Crippen molar-refractivity contribution in [2.45, 2.75) is 22.8 Å². The molecule has 164 valence electrons. The van der Waals surface area contributed by atoms with Gasteiger partial charge in [-0.2, -0.15) is 0 Å². The Hall–Kier alpha value is -2.31. The van der Waals surface area contributed by atoms with Gasteiger partial charge in [0.05, 0.1) is 22.9 Å². The fraction of sp³-hybridized carbons (Fsp3) is 0.316. The second-order valence-corrected chi connectivity index (χ2v) is 10.8. The fourth-order valence-corrected chi connectivity index (χ4v) is 4.40. The van der Waals surface area contributed by atoms with Gasteiger partial charge >= 0.3 is 0 Å². The van der Waals surface area contributed by atoms with Gasteiger partial charge in [0.25, 0.3) is 15.9 Å². The summed E-state index contributed by atoms with van der Waals surface area (Å²) in [4.78, 5) is 17.4. The summed E-state index contributed by atoms with van der Waals surface area (Å²) in [5.41, 5.74) is 1.01. The van der Waals surface area contributed by atoms with E-state index in [1.807, 2.05) is 0 Å². The number of hydrogen-bond acceptors (Lipinski definition) is 6. The Morgan fingerprint density at radius 2 is 1.33 bits per heavy atom. The van der Waals surface area contributed by atoms with Crippen molar-refractivity contribution in [2.75, 3.05) is 28.3 Å². The van der Waals surface area contributed by atoms with E-state index in [1.165, 1.54) is 64.7 Å². The lowest BCUT2D eigenvalue weighted by Gasteiger charge is -2.17. The molecule has 0 aliphatic heterocycles. The number of hydrogen-bond donors (Lipinski definition) is 1. The molecule has 1 unspecified atom stereocenters. The highest BCUT2D eigenvalue weighted by Gasteiger charge is 2.21. The van der Waals surface area contributed by atoms with E-state index in [2.05, 4.69) is 5.32 Å². The lowest BCUT2D eigenvalue weighted by molar-refractivity contribution is -0.0258. The molecule has 2 aromatic rings. The molecule has 0 bridgehead atoms. The van der Waals surface area contributed by atoms with E-state index < -0.39 is 32.0 Å². The topological polar surface area (TPSA) is 113 Å². The van der Waals surface area contributed by atoms with Gasteiger partial charge < -0.3 is 5.32 Å². The highest BCUT2D eigenvalue weighted by molar-refractivity contribution is 7.89. The number of carbonyl (C=O) groups excluding carboxylic acids is 1. The largest absolute Gasteiger partial charge is 0.346 e. The van der Waals surface area contributed by atoms with Gasteiger partial charge in [-0.05, 0) is 48.9 Å². The minimum absolute atomic E-state index is 0.00543. The zero-order chi connectivity index (χ0) is 22.7. The van der Waals surface area contributed by atoms with Gasteiger partial charge in [0.2, 0.25) is 10.0 Å². The highest BCUT2D eigenvalue weighted by atomic mass is 32.2. The summed E-state index contributed by atoms with van der Waals surface area (Å²) in [5, 5.41) is 2.80. The van der Waals surface area contributed by atoms with Gasteiger partial charge in [0, 0.05) is 26.7 Å². The second-order valence-electron chi connectivity index (χ2n) is 6.67.